The Hall–Kier alpha value is -0.980. The Kier molecular flexibility index (Phi) is 2.26. The average Bonchev–Trinajstić information content (AvgIpc) is 2.62. The normalized spacial score (nSPS) is 17.9. The van der Waals surface area contributed by atoms with Crippen molar-refractivity contribution >= 4 is 5.69 Å². The molecule has 0 bridgehead atoms. The van der Waals surface area contributed by atoms with Gasteiger partial charge >= 0.3 is 0 Å². The maximum absolute atomic E-state index is 5.89. The van der Waals surface area contributed by atoms with E-state index in [1.54, 1.807) is 0 Å². The minimum atomic E-state index is 0.780. The van der Waals surface area contributed by atoms with Crippen LogP contribution in [0.1, 0.15) is 42.7 Å². The van der Waals surface area contributed by atoms with Gasteiger partial charge in [0.05, 0.1) is 0 Å². The van der Waals surface area contributed by atoms with Crippen molar-refractivity contribution in [2.24, 2.45) is 0 Å². The van der Waals surface area contributed by atoms with Gasteiger partial charge in [-0.1, -0.05) is 25.0 Å². The molecular weight excluding hydrogens is 158 g/mol. The topological polar surface area (TPSA) is 26.0 Å². The second-order valence-electron chi connectivity index (χ2n) is 4.10. The molecular formula is C12H17N. The number of anilines is 1. The molecule has 0 radical (unpaired) electrons. The molecule has 1 nitrogen and oxygen atoms in total. The number of hydrogen-bond acceptors (Lipinski definition) is 1. The van der Waals surface area contributed by atoms with Gasteiger partial charge in [0, 0.05) is 5.69 Å². The highest BCUT2D eigenvalue weighted by atomic mass is 14.6. The van der Waals surface area contributed by atoms with Crippen molar-refractivity contribution < 1.29 is 0 Å². The third-order valence-electron chi connectivity index (χ3n) is 3.13. The van der Waals surface area contributed by atoms with Crippen molar-refractivity contribution in [3.63, 3.8) is 0 Å². The first-order valence-corrected chi connectivity index (χ1v) is 5.13. The molecule has 0 amide bonds. The SMILES string of the molecule is Cc1ccc(C2CCCC2)cc1N. The molecule has 0 atom stereocenters. The Bertz CT molecular complexity index is 298. The van der Waals surface area contributed by atoms with E-state index in [-0.39, 0.29) is 0 Å². The third-order valence-corrected chi connectivity index (χ3v) is 3.13. The van der Waals surface area contributed by atoms with Gasteiger partial charge < -0.3 is 5.73 Å². The van der Waals surface area contributed by atoms with Crippen molar-refractivity contribution in [2.75, 3.05) is 5.73 Å². The summed E-state index contributed by atoms with van der Waals surface area (Å²) in [6.45, 7) is 2.06. The van der Waals surface area contributed by atoms with Gasteiger partial charge in [-0.05, 0) is 42.9 Å². The summed E-state index contributed by atoms with van der Waals surface area (Å²) in [5, 5.41) is 0. The Morgan fingerprint density at radius 1 is 1.23 bits per heavy atom. The number of nitrogens with two attached hydrogens (primary N) is 1. The first-order chi connectivity index (χ1) is 6.27. The Labute approximate surface area is 80.0 Å². The van der Waals surface area contributed by atoms with Crippen LogP contribution in [0.2, 0.25) is 0 Å². The van der Waals surface area contributed by atoms with Crippen LogP contribution in [0.25, 0.3) is 0 Å². The molecule has 0 spiro atoms. The second-order valence-corrected chi connectivity index (χ2v) is 4.10. The van der Waals surface area contributed by atoms with Gasteiger partial charge in [-0.2, -0.15) is 0 Å². The highest BCUT2D eigenvalue weighted by Gasteiger charge is 2.16. The summed E-state index contributed by atoms with van der Waals surface area (Å²) in [4.78, 5) is 0. The Balaban J connectivity index is 2.25. The fraction of sp³-hybridized carbons (Fsp3) is 0.500. The van der Waals surface area contributed by atoms with E-state index in [2.05, 4.69) is 25.1 Å². The molecule has 1 saturated carbocycles. The third kappa shape index (κ3) is 1.69. The lowest BCUT2D eigenvalue weighted by Crippen LogP contribution is -1.96. The van der Waals surface area contributed by atoms with E-state index >= 15 is 0 Å². The second kappa shape index (κ2) is 3.41. The first-order valence-electron chi connectivity index (χ1n) is 5.13. The molecule has 1 aromatic rings. The quantitative estimate of drug-likeness (QED) is 0.651. The van der Waals surface area contributed by atoms with Crippen LogP contribution in [0.15, 0.2) is 18.2 Å². The molecule has 2 N–H and O–H groups in total. The van der Waals surface area contributed by atoms with Crippen molar-refractivity contribution in [1.29, 1.82) is 0 Å². The lowest BCUT2D eigenvalue weighted by Gasteiger charge is -2.11. The van der Waals surface area contributed by atoms with E-state index in [0.29, 0.717) is 0 Å². The summed E-state index contributed by atoms with van der Waals surface area (Å²) in [5.74, 6) is 0.780. The van der Waals surface area contributed by atoms with E-state index < -0.39 is 0 Å². The number of hydrogen-bond donors (Lipinski definition) is 1. The molecule has 1 aliphatic rings. The van der Waals surface area contributed by atoms with E-state index in [1.807, 2.05) is 0 Å². The van der Waals surface area contributed by atoms with Crippen LogP contribution in [-0.4, -0.2) is 0 Å². The van der Waals surface area contributed by atoms with Gasteiger partial charge in [0.2, 0.25) is 0 Å². The van der Waals surface area contributed by atoms with Crippen LogP contribution in [0.4, 0.5) is 5.69 Å². The molecule has 70 valence electrons. The maximum Gasteiger partial charge on any atom is 0.0346 e. The van der Waals surface area contributed by atoms with Crippen LogP contribution in [-0.2, 0) is 0 Å². The van der Waals surface area contributed by atoms with Crippen LogP contribution in [0.5, 0.6) is 0 Å². The molecule has 1 aliphatic carbocycles. The molecule has 2 rings (SSSR count). The molecule has 13 heavy (non-hydrogen) atoms. The lowest BCUT2D eigenvalue weighted by atomic mass is 9.96. The number of rotatable bonds is 1. The highest BCUT2D eigenvalue weighted by molar-refractivity contribution is 5.49. The molecule has 1 heteroatoms. The van der Waals surface area contributed by atoms with Gasteiger partial charge in [0.1, 0.15) is 0 Å². The monoisotopic (exact) mass is 175 g/mol. The van der Waals surface area contributed by atoms with Crippen LogP contribution >= 0.6 is 0 Å². The highest BCUT2D eigenvalue weighted by Crippen LogP contribution is 2.34. The summed E-state index contributed by atoms with van der Waals surface area (Å²) >= 11 is 0. The maximum atomic E-state index is 5.89. The Morgan fingerprint density at radius 3 is 2.54 bits per heavy atom. The van der Waals surface area contributed by atoms with Gasteiger partial charge in [-0.25, -0.2) is 0 Å². The van der Waals surface area contributed by atoms with Gasteiger partial charge in [0.25, 0.3) is 0 Å². The largest absolute Gasteiger partial charge is 0.399 e. The fourth-order valence-electron chi connectivity index (χ4n) is 2.17. The van der Waals surface area contributed by atoms with Gasteiger partial charge in [-0.15, -0.1) is 0 Å². The van der Waals surface area contributed by atoms with Crippen molar-refractivity contribution in [1.82, 2.24) is 0 Å². The number of aryl methyl sites for hydroxylation is 1. The first kappa shape index (κ1) is 8.61. The van der Waals surface area contributed by atoms with Gasteiger partial charge in [-0.3, -0.25) is 0 Å². The molecule has 1 aromatic carbocycles. The standard InChI is InChI=1S/C12H17N/c1-9-6-7-11(8-12(9)13)10-4-2-3-5-10/h6-8,10H,2-5,13H2,1H3. The molecule has 0 aliphatic heterocycles. The van der Waals surface area contributed by atoms with E-state index in [9.17, 15) is 0 Å². The van der Waals surface area contributed by atoms with Gasteiger partial charge in [0.15, 0.2) is 0 Å². The zero-order valence-electron chi connectivity index (χ0n) is 8.22. The summed E-state index contributed by atoms with van der Waals surface area (Å²) in [7, 11) is 0. The van der Waals surface area contributed by atoms with Crippen molar-refractivity contribution in [2.45, 2.75) is 38.5 Å². The van der Waals surface area contributed by atoms with Crippen molar-refractivity contribution in [3.05, 3.63) is 29.3 Å². The zero-order valence-corrected chi connectivity index (χ0v) is 8.22. The summed E-state index contributed by atoms with van der Waals surface area (Å²) in [6, 6.07) is 6.54. The Morgan fingerprint density at radius 2 is 1.92 bits per heavy atom. The molecule has 1 fully saturated rings. The zero-order chi connectivity index (χ0) is 9.26. The van der Waals surface area contributed by atoms with Crippen LogP contribution in [0, 0.1) is 6.92 Å². The van der Waals surface area contributed by atoms with E-state index in [1.165, 1.54) is 36.8 Å². The summed E-state index contributed by atoms with van der Waals surface area (Å²) < 4.78 is 0. The van der Waals surface area contributed by atoms with Crippen molar-refractivity contribution in [3.8, 4) is 0 Å². The molecule has 0 saturated heterocycles. The predicted molar refractivity (Wildman–Crippen MR) is 56.8 cm³/mol. The minimum Gasteiger partial charge on any atom is -0.399 e. The van der Waals surface area contributed by atoms with E-state index in [4.69, 9.17) is 5.73 Å². The van der Waals surface area contributed by atoms with E-state index in [0.717, 1.165) is 11.6 Å². The average molecular weight is 175 g/mol. The number of benzene rings is 1. The molecule has 0 unspecified atom stereocenters. The van der Waals surface area contributed by atoms with Crippen LogP contribution < -0.4 is 5.73 Å². The minimum absolute atomic E-state index is 0.780. The molecule has 0 heterocycles. The molecule has 0 aromatic heterocycles. The fourth-order valence-corrected chi connectivity index (χ4v) is 2.17. The summed E-state index contributed by atoms with van der Waals surface area (Å²) in [6.07, 6.45) is 5.47. The van der Waals surface area contributed by atoms with Crippen LogP contribution in [0.3, 0.4) is 0 Å². The predicted octanol–water partition coefficient (Wildman–Crippen LogP) is 3.23. The summed E-state index contributed by atoms with van der Waals surface area (Å²) in [5.41, 5.74) is 9.48. The number of nitrogen functional groups attached to an aromatic ring is 1. The lowest BCUT2D eigenvalue weighted by molar-refractivity contribution is 0.723. The smallest absolute Gasteiger partial charge is 0.0346 e.